The molecule has 0 radical (unpaired) electrons. The highest BCUT2D eigenvalue weighted by atomic mass is 16.3. The standard InChI is InChI=1S/C6H6N2O.C4H11NO.C2H6/c7-6-1-2-8-3-5(6)4-9;1-4(6)3-5-2;1-2/h1-4H,(H2,7,8);4-6H,3H2,1-2H3;1-2H3. The van der Waals surface area contributed by atoms with Gasteiger partial charge in [0.15, 0.2) is 6.29 Å². The summed E-state index contributed by atoms with van der Waals surface area (Å²) < 4.78 is 0. The summed E-state index contributed by atoms with van der Waals surface area (Å²) in [6, 6.07) is 1.59. The van der Waals surface area contributed by atoms with Crippen LogP contribution in [0.4, 0.5) is 5.69 Å². The summed E-state index contributed by atoms with van der Waals surface area (Å²) in [5.74, 6) is 0. The van der Waals surface area contributed by atoms with Crippen molar-refractivity contribution < 1.29 is 9.90 Å². The molecule has 0 fully saturated rings. The Labute approximate surface area is 103 Å². The third kappa shape index (κ3) is 10.8. The van der Waals surface area contributed by atoms with Crippen molar-refractivity contribution in [2.45, 2.75) is 26.9 Å². The number of likely N-dealkylation sites (N-methyl/N-ethyl adjacent to an activating group) is 1. The van der Waals surface area contributed by atoms with E-state index in [1.54, 1.807) is 19.2 Å². The lowest BCUT2D eigenvalue weighted by Gasteiger charge is -1.97. The maximum atomic E-state index is 10.1. The molecule has 0 bridgehead atoms. The lowest BCUT2D eigenvalue weighted by Crippen LogP contribution is -2.19. The monoisotopic (exact) mass is 241 g/mol. The van der Waals surface area contributed by atoms with Crippen LogP contribution in [0.25, 0.3) is 0 Å². The van der Waals surface area contributed by atoms with Crippen molar-refractivity contribution in [3.05, 3.63) is 24.0 Å². The van der Waals surface area contributed by atoms with Crippen molar-refractivity contribution in [1.29, 1.82) is 0 Å². The van der Waals surface area contributed by atoms with Gasteiger partial charge in [-0.1, -0.05) is 13.8 Å². The van der Waals surface area contributed by atoms with Gasteiger partial charge in [0.2, 0.25) is 0 Å². The Hall–Kier alpha value is -1.46. The maximum absolute atomic E-state index is 10.1. The fourth-order valence-corrected chi connectivity index (χ4v) is 0.811. The van der Waals surface area contributed by atoms with E-state index in [1.165, 1.54) is 6.20 Å². The lowest BCUT2D eigenvalue weighted by atomic mass is 10.3. The fraction of sp³-hybridized carbons (Fsp3) is 0.500. The molecule has 1 atom stereocenters. The minimum Gasteiger partial charge on any atom is -0.398 e. The SMILES string of the molecule is CC.CNCC(C)O.Nc1ccncc1C=O. The molecule has 0 aliphatic heterocycles. The molecule has 0 saturated carbocycles. The van der Waals surface area contributed by atoms with Crippen molar-refractivity contribution in [2.24, 2.45) is 0 Å². The number of nitrogens with one attached hydrogen (secondary N) is 1. The first-order valence-electron chi connectivity index (χ1n) is 5.59. The van der Waals surface area contributed by atoms with Gasteiger partial charge < -0.3 is 16.2 Å². The Kier molecular flexibility index (Phi) is 13.3. The normalized spacial score (nSPS) is 10.2. The van der Waals surface area contributed by atoms with E-state index < -0.39 is 0 Å². The molecule has 0 aliphatic carbocycles. The lowest BCUT2D eigenvalue weighted by molar-refractivity contribution is 0.112. The van der Waals surface area contributed by atoms with Crippen LogP contribution in [0.5, 0.6) is 0 Å². The van der Waals surface area contributed by atoms with Gasteiger partial charge in [-0.25, -0.2) is 0 Å². The molecule has 0 amide bonds. The number of nitrogen functional groups attached to an aromatic ring is 1. The minimum atomic E-state index is -0.213. The van der Waals surface area contributed by atoms with Gasteiger partial charge in [0.05, 0.1) is 11.7 Å². The average Bonchev–Trinajstić information content (AvgIpc) is 2.33. The Balaban J connectivity index is 0. The van der Waals surface area contributed by atoms with Crippen LogP contribution in [-0.2, 0) is 0 Å². The highest BCUT2D eigenvalue weighted by molar-refractivity contribution is 5.82. The smallest absolute Gasteiger partial charge is 0.153 e. The molecule has 0 aromatic carbocycles. The second kappa shape index (κ2) is 12.6. The van der Waals surface area contributed by atoms with E-state index >= 15 is 0 Å². The van der Waals surface area contributed by atoms with E-state index in [1.807, 2.05) is 20.9 Å². The maximum Gasteiger partial charge on any atom is 0.153 e. The number of hydrogen-bond donors (Lipinski definition) is 3. The highest BCUT2D eigenvalue weighted by Gasteiger charge is 1.92. The summed E-state index contributed by atoms with van der Waals surface area (Å²) in [7, 11) is 1.81. The summed E-state index contributed by atoms with van der Waals surface area (Å²) in [4.78, 5) is 13.8. The second-order valence-corrected chi connectivity index (χ2v) is 3.03. The zero-order valence-electron chi connectivity index (χ0n) is 11.0. The van der Waals surface area contributed by atoms with Gasteiger partial charge in [0.1, 0.15) is 0 Å². The predicted molar refractivity (Wildman–Crippen MR) is 71.0 cm³/mol. The van der Waals surface area contributed by atoms with E-state index in [4.69, 9.17) is 10.8 Å². The molecule has 1 heterocycles. The van der Waals surface area contributed by atoms with Crippen LogP contribution in [0.1, 0.15) is 31.1 Å². The number of anilines is 1. The van der Waals surface area contributed by atoms with Crippen LogP contribution >= 0.6 is 0 Å². The zero-order chi connectivity index (χ0) is 13.7. The largest absolute Gasteiger partial charge is 0.398 e. The van der Waals surface area contributed by atoms with E-state index in [-0.39, 0.29) is 6.10 Å². The average molecular weight is 241 g/mol. The topological polar surface area (TPSA) is 88.2 Å². The van der Waals surface area contributed by atoms with Crippen LogP contribution in [0.15, 0.2) is 18.5 Å². The van der Waals surface area contributed by atoms with Gasteiger partial charge in [0.25, 0.3) is 0 Å². The van der Waals surface area contributed by atoms with Crippen molar-refractivity contribution in [1.82, 2.24) is 10.3 Å². The molecule has 0 saturated heterocycles. The Morgan fingerprint density at radius 1 is 1.59 bits per heavy atom. The zero-order valence-corrected chi connectivity index (χ0v) is 11.0. The molecule has 0 spiro atoms. The van der Waals surface area contributed by atoms with Gasteiger partial charge in [-0.05, 0) is 20.0 Å². The number of rotatable bonds is 3. The van der Waals surface area contributed by atoms with Crippen LogP contribution in [0.2, 0.25) is 0 Å². The van der Waals surface area contributed by atoms with Gasteiger partial charge >= 0.3 is 0 Å². The molecular weight excluding hydrogens is 218 g/mol. The molecule has 1 aromatic rings. The van der Waals surface area contributed by atoms with E-state index in [0.717, 1.165) is 0 Å². The van der Waals surface area contributed by atoms with Crippen molar-refractivity contribution in [3.63, 3.8) is 0 Å². The number of hydrogen-bond acceptors (Lipinski definition) is 5. The molecule has 0 aliphatic rings. The molecule has 1 unspecified atom stereocenters. The Morgan fingerprint density at radius 2 is 2.18 bits per heavy atom. The summed E-state index contributed by atoms with van der Waals surface area (Å²) in [6.07, 6.45) is 3.45. The summed E-state index contributed by atoms with van der Waals surface area (Å²) in [5, 5.41) is 11.3. The third-order valence-electron chi connectivity index (χ3n) is 1.51. The van der Waals surface area contributed by atoms with Crippen molar-refractivity contribution in [2.75, 3.05) is 19.3 Å². The van der Waals surface area contributed by atoms with E-state index in [0.29, 0.717) is 24.1 Å². The fourth-order valence-electron chi connectivity index (χ4n) is 0.811. The predicted octanol–water partition coefficient (Wildman–Crippen LogP) is 1.09. The number of aliphatic hydroxyl groups is 1. The van der Waals surface area contributed by atoms with Crippen LogP contribution in [0.3, 0.4) is 0 Å². The van der Waals surface area contributed by atoms with Gasteiger partial charge in [-0.3, -0.25) is 9.78 Å². The minimum absolute atomic E-state index is 0.213. The number of aldehydes is 1. The molecule has 17 heavy (non-hydrogen) atoms. The quantitative estimate of drug-likeness (QED) is 0.689. The van der Waals surface area contributed by atoms with Gasteiger partial charge in [-0.2, -0.15) is 0 Å². The molecule has 98 valence electrons. The Bertz CT molecular complexity index is 291. The Morgan fingerprint density at radius 3 is 2.41 bits per heavy atom. The van der Waals surface area contributed by atoms with Gasteiger partial charge in [-0.15, -0.1) is 0 Å². The van der Waals surface area contributed by atoms with Crippen LogP contribution in [0, 0.1) is 0 Å². The number of nitrogens with two attached hydrogens (primary N) is 1. The second-order valence-electron chi connectivity index (χ2n) is 3.03. The molecule has 5 heteroatoms. The first-order chi connectivity index (χ1) is 8.11. The molecule has 1 aromatic heterocycles. The summed E-state index contributed by atoms with van der Waals surface area (Å²) in [5.41, 5.74) is 6.27. The van der Waals surface area contributed by atoms with Crippen molar-refractivity contribution >= 4 is 12.0 Å². The number of carbonyl (C=O) groups excluding carboxylic acids is 1. The number of pyridine rings is 1. The van der Waals surface area contributed by atoms with Crippen LogP contribution in [-0.4, -0.2) is 36.1 Å². The van der Waals surface area contributed by atoms with Crippen molar-refractivity contribution in [3.8, 4) is 0 Å². The summed E-state index contributed by atoms with van der Waals surface area (Å²) >= 11 is 0. The summed E-state index contributed by atoms with van der Waals surface area (Å²) in [6.45, 7) is 6.43. The number of aromatic nitrogens is 1. The first kappa shape index (κ1) is 17.9. The van der Waals surface area contributed by atoms with Crippen LogP contribution < -0.4 is 11.1 Å². The molecule has 4 N–H and O–H groups in total. The number of carbonyl (C=O) groups is 1. The van der Waals surface area contributed by atoms with E-state index in [2.05, 4.69) is 10.3 Å². The third-order valence-corrected chi connectivity index (χ3v) is 1.51. The highest BCUT2D eigenvalue weighted by Crippen LogP contribution is 2.03. The molecule has 1 rings (SSSR count). The molecule has 5 nitrogen and oxygen atoms in total. The number of aliphatic hydroxyl groups excluding tert-OH is 1. The molecular formula is C12H23N3O2. The first-order valence-corrected chi connectivity index (χ1v) is 5.59. The number of nitrogens with zero attached hydrogens (tertiary/aromatic N) is 1. The van der Waals surface area contributed by atoms with Gasteiger partial charge in [0, 0.05) is 24.6 Å². The van der Waals surface area contributed by atoms with E-state index in [9.17, 15) is 4.79 Å².